The van der Waals surface area contributed by atoms with Crippen molar-refractivity contribution in [3.05, 3.63) is 59.9 Å². The summed E-state index contributed by atoms with van der Waals surface area (Å²) in [5.41, 5.74) is 2.87. The van der Waals surface area contributed by atoms with Crippen LogP contribution >= 0.6 is 12.4 Å². The molecule has 1 aromatic carbocycles. The van der Waals surface area contributed by atoms with Gasteiger partial charge in [0.1, 0.15) is 23.7 Å². The summed E-state index contributed by atoms with van der Waals surface area (Å²) in [4.78, 5) is 16.0. The van der Waals surface area contributed by atoms with E-state index in [1.165, 1.54) is 14.2 Å². The fraction of sp³-hybridized carbons (Fsp3) is 0.167. The van der Waals surface area contributed by atoms with Gasteiger partial charge in [-0.15, -0.1) is 12.4 Å². The number of esters is 1. The predicted octanol–water partition coefficient (Wildman–Crippen LogP) is 3.27. The van der Waals surface area contributed by atoms with Crippen LogP contribution in [0.15, 0.2) is 48.8 Å². The number of benzene rings is 1. The molecule has 2 aromatic heterocycles. The van der Waals surface area contributed by atoms with Crippen LogP contribution in [0.1, 0.15) is 15.9 Å². The third kappa shape index (κ3) is 4.31. The lowest BCUT2D eigenvalue weighted by Gasteiger charge is -2.10. The van der Waals surface area contributed by atoms with Crippen molar-refractivity contribution >= 4 is 18.4 Å². The second kappa shape index (κ2) is 8.87. The molecule has 0 saturated carbocycles. The maximum absolute atomic E-state index is 11.7. The molecule has 8 heteroatoms. The van der Waals surface area contributed by atoms with Crippen LogP contribution in [-0.2, 0) is 11.3 Å². The fourth-order valence-corrected chi connectivity index (χ4v) is 2.29. The number of ether oxygens (including phenoxy) is 3. The molecule has 0 aliphatic heterocycles. The topological polar surface area (TPSA) is 86.3 Å². The van der Waals surface area contributed by atoms with Crippen LogP contribution in [0.3, 0.4) is 0 Å². The Morgan fingerprint density at radius 1 is 1.15 bits per heavy atom. The maximum Gasteiger partial charge on any atom is 0.341 e. The molecule has 0 atom stereocenters. The van der Waals surface area contributed by atoms with E-state index in [0.717, 1.165) is 17.0 Å². The average molecular weight is 376 g/mol. The summed E-state index contributed by atoms with van der Waals surface area (Å²) in [6, 6.07) is 10.7. The van der Waals surface area contributed by atoms with E-state index in [1.807, 2.05) is 18.2 Å². The highest BCUT2D eigenvalue weighted by molar-refractivity contribution is 5.92. The van der Waals surface area contributed by atoms with Gasteiger partial charge in [0.15, 0.2) is 0 Å². The number of rotatable bonds is 6. The quantitative estimate of drug-likeness (QED) is 0.665. The summed E-state index contributed by atoms with van der Waals surface area (Å²) in [5.74, 6) is 0.642. The molecular formula is C18H18ClN3O4. The highest BCUT2D eigenvalue weighted by Gasteiger charge is 2.13. The minimum absolute atomic E-state index is 0. The zero-order valence-electron chi connectivity index (χ0n) is 14.3. The first-order valence-electron chi connectivity index (χ1n) is 7.55. The van der Waals surface area contributed by atoms with E-state index in [-0.39, 0.29) is 12.4 Å². The first-order chi connectivity index (χ1) is 12.2. The minimum atomic E-state index is -0.442. The summed E-state index contributed by atoms with van der Waals surface area (Å²) >= 11 is 0. The van der Waals surface area contributed by atoms with Crippen molar-refractivity contribution in [2.24, 2.45) is 0 Å². The molecule has 26 heavy (non-hydrogen) atoms. The summed E-state index contributed by atoms with van der Waals surface area (Å²) in [7, 11) is 2.84. The molecule has 0 fully saturated rings. The Morgan fingerprint density at radius 2 is 2.00 bits per heavy atom. The number of methoxy groups -OCH3 is 2. The van der Waals surface area contributed by atoms with Gasteiger partial charge in [-0.05, 0) is 35.9 Å². The molecule has 0 aliphatic carbocycles. The van der Waals surface area contributed by atoms with Crippen LogP contribution in [0.4, 0.5) is 0 Å². The van der Waals surface area contributed by atoms with Gasteiger partial charge in [0, 0.05) is 6.20 Å². The van der Waals surface area contributed by atoms with E-state index < -0.39 is 5.97 Å². The van der Waals surface area contributed by atoms with Crippen molar-refractivity contribution in [1.82, 2.24) is 15.2 Å². The molecule has 7 nitrogen and oxygen atoms in total. The van der Waals surface area contributed by atoms with Crippen molar-refractivity contribution in [3.63, 3.8) is 0 Å². The minimum Gasteiger partial charge on any atom is -0.496 e. The molecule has 3 aromatic rings. The number of halogens is 1. The van der Waals surface area contributed by atoms with E-state index in [9.17, 15) is 4.79 Å². The van der Waals surface area contributed by atoms with Gasteiger partial charge in [-0.1, -0.05) is 6.07 Å². The number of carbonyl (C=O) groups is 1. The standard InChI is InChI=1S/C18H17N3O4.ClH/c1-23-17-9-12(3-5-14(17)18(22)24-2)11-25-13-4-6-15(19-10-13)16-7-8-20-21-16;/h3-10H,11H2,1-2H3,(H,20,21);1H. The average Bonchev–Trinajstić information content (AvgIpc) is 3.20. The molecule has 0 radical (unpaired) electrons. The first-order valence-corrected chi connectivity index (χ1v) is 7.55. The lowest BCUT2D eigenvalue weighted by molar-refractivity contribution is 0.0597. The molecule has 2 heterocycles. The fourth-order valence-electron chi connectivity index (χ4n) is 2.29. The third-order valence-electron chi connectivity index (χ3n) is 3.59. The van der Waals surface area contributed by atoms with Crippen molar-refractivity contribution in [1.29, 1.82) is 0 Å². The van der Waals surface area contributed by atoms with E-state index in [0.29, 0.717) is 23.7 Å². The predicted molar refractivity (Wildman–Crippen MR) is 97.7 cm³/mol. The van der Waals surface area contributed by atoms with Crippen molar-refractivity contribution < 1.29 is 19.0 Å². The number of aromatic nitrogens is 3. The normalized spacial score (nSPS) is 9.92. The number of carbonyl (C=O) groups excluding carboxylic acids is 1. The summed E-state index contributed by atoms with van der Waals surface area (Å²) < 4.78 is 15.7. The van der Waals surface area contributed by atoms with Gasteiger partial charge in [0.05, 0.1) is 31.8 Å². The highest BCUT2D eigenvalue weighted by Crippen LogP contribution is 2.23. The van der Waals surface area contributed by atoms with Gasteiger partial charge in [0.25, 0.3) is 0 Å². The molecule has 0 aliphatic rings. The van der Waals surface area contributed by atoms with Crippen LogP contribution in [0.5, 0.6) is 11.5 Å². The molecule has 0 spiro atoms. The van der Waals surface area contributed by atoms with Gasteiger partial charge in [0.2, 0.25) is 0 Å². The zero-order chi connectivity index (χ0) is 17.6. The van der Waals surface area contributed by atoms with Crippen molar-refractivity contribution in [3.8, 4) is 22.9 Å². The summed E-state index contributed by atoms with van der Waals surface area (Å²) in [6.45, 7) is 0.322. The van der Waals surface area contributed by atoms with Gasteiger partial charge in [-0.3, -0.25) is 10.1 Å². The number of hydrogen-bond donors (Lipinski definition) is 1. The summed E-state index contributed by atoms with van der Waals surface area (Å²) in [6.07, 6.45) is 3.32. The number of nitrogens with zero attached hydrogens (tertiary/aromatic N) is 2. The number of hydrogen-bond acceptors (Lipinski definition) is 6. The van der Waals surface area contributed by atoms with Crippen LogP contribution < -0.4 is 9.47 Å². The van der Waals surface area contributed by atoms with Crippen molar-refractivity contribution in [2.75, 3.05) is 14.2 Å². The second-order valence-corrected chi connectivity index (χ2v) is 5.16. The Kier molecular flexibility index (Phi) is 6.57. The Bertz CT molecular complexity index is 851. The first kappa shape index (κ1) is 19.3. The van der Waals surface area contributed by atoms with E-state index in [4.69, 9.17) is 14.2 Å². The Morgan fingerprint density at radius 3 is 2.62 bits per heavy atom. The lowest BCUT2D eigenvalue weighted by atomic mass is 10.1. The number of nitrogens with one attached hydrogen (secondary N) is 1. The second-order valence-electron chi connectivity index (χ2n) is 5.16. The molecule has 0 bridgehead atoms. The zero-order valence-corrected chi connectivity index (χ0v) is 15.1. The Balaban J connectivity index is 0.00000243. The van der Waals surface area contributed by atoms with Crippen LogP contribution in [0.2, 0.25) is 0 Å². The monoisotopic (exact) mass is 375 g/mol. The third-order valence-corrected chi connectivity index (χ3v) is 3.59. The van der Waals surface area contributed by atoms with E-state index in [2.05, 4.69) is 15.2 Å². The molecular weight excluding hydrogens is 358 g/mol. The number of H-pyrrole nitrogens is 1. The Labute approximate surface area is 156 Å². The lowest BCUT2D eigenvalue weighted by Crippen LogP contribution is -2.05. The molecule has 0 amide bonds. The maximum atomic E-state index is 11.7. The van der Waals surface area contributed by atoms with Crippen LogP contribution in [0, 0.1) is 0 Å². The van der Waals surface area contributed by atoms with Gasteiger partial charge in [-0.2, -0.15) is 5.10 Å². The van der Waals surface area contributed by atoms with E-state index in [1.54, 1.807) is 30.6 Å². The SMILES string of the molecule is COC(=O)c1ccc(COc2ccc(-c3ccn[nH]3)nc2)cc1OC.Cl. The molecule has 136 valence electrons. The number of aromatic amines is 1. The highest BCUT2D eigenvalue weighted by atomic mass is 35.5. The van der Waals surface area contributed by atoms with Crippen LogP contribution in [-0.4, -0.2) is 35.4 Å². The van der Waals surface area contributed by atoms with Gasteiger partial charge >= 0.3 is 5.97 Å². The van der Waals surface area contributed by atoms with Gasteiger partial charge in [-0.25, -0.2) is 4.79 Å². The molecule has 1 N–H and O–H groups in total. The van der Waals surface area contributed by atoms with Crippen LogP contribution in [0.25, 0.3) is 11.4 Å². The Hall–Kier alpha value is -3.06. The van der Waals surface area contributed by atoms with E-state index >= 15 is 0 Å². The molecule has 3 rings (SSSR count). The largest absolute Gasteiger partial charge is 0.496 e. The van der Waals surface area contributed by atoms with Gasteiger partial charge < -0.3 is 14.2 Å². The number of pyridine rings is 1. The molecule has 0 unspecified atom stereocenters. The molecule has 0 saturated heterocycles. The van der Waals surface area contributed by atoms with Crippen molar-refractivity contribution in [2.45, 2.75) is 6.61 Å². The summed E-state index contributed by atoms with van der Waals surface area (Å²) in [5, 5.41) is 6.76. The smallest absolute Gasteiger partial charge is 0.341 e.